The van der Waals surface area contributed by atoms with E-state index in [0.717, 1.165) is 23.4 Å². The van der Waals surface area contributed by atoms with Gasteiger partial charge in [-0.15, -0.1) is 0 Å². The third-order valence-corrected chi connectivity index (χ3v) is 9.05. The molecule has 0 radical (unpaired) electrons. The predicted octanol–water partition coefficient (Wildman–Crippen LogP) is 1.62. The van der Waals surface area contributed by atoms with Gasteiger partial charge in [-0.3, -0.25) is 19.3 Å². The average Bonchev–Trinajstić information content (AvgIpc) is 3.70. The Kier molecular flexibility index (Phi) is 6.06. The SMILES string of the molecule is CN(C)[C@@H]1C(=O)C(C(N)=O)=C(O)[C@@]2(O)C(=O)C3=C(O)c4c(cc5ccc(CNCC6CC6)cc5c4O)C[C@H]3C[C@@H]12. The summed E-state index contributed by atoms with van der Waals surface area (Å²) in [6, 6.07) is 6.53. The number of aliphatic hydroxyl groups is 3. The van der Waals surface area contributed by atoms with Crippen LogP contribution in [-0.2, 0) is 27.3 Å². The van der Waals surface area contributed by atoms with Gasteiger partial charge in [0.05, 0.1) is 11.6 Å². The van der Waals surface area contributed by atoms with Crippen LogP contribution in [0.4, 0.5) is 0 Å². The Morgan fingerprint density at radius 2 is 1.88 bits per heavy atom. The first kappa shape index (κ1) is 26.5. The number of hydrogen-bond acceptors (Lipinski definition) is 9. The van der Waals surface area contributed by atoms with Gasteiger partial charge in [-0.1, -0.05) is 18.2 Å². The molecule has 1 amide bonds. The number of ketones is 2. The maximum absolute atomic E-state index is 14.0. The number of nitrogens with zero attached hydrogens (tertiary/aromatic N) is 1. The van der Waals surface area contributed by atoms with Gasteiger partial charge >= 0.3 is 0 Å². The number of amides is 1. The van der Waals surface area contributed by atoms with Gasteiger partial charge in [0, 0.05) is 23.4 Å². The van der Waals surface area contributed by atoms with Crippen molar-refractivity contribution in [1.29, 1.82) is 0 Å². The van der Waals surface area contributed by atoms with Crippen molar-refractivity contribution < 1.29 is 34.8 Å². The van der Waals surface area contributed by atoms with Gasteiger partial charge in [-0.2, -0.15) is 0 Å². The molecule has 10 nitrogen and oxygen atoms in total. The molecule has 6 rings (SSSR count). The molecule has 0 unspecified atom stereocenters. The molecule has 40 heavy (non-hydrogen) atoms. The average molecular weight is 548 g/mol. The van der Waals surface area contributed by atoms with Gasteiger partial charge in [0.2, 0.25) is 5.78 Å². The molecule has 0 aliphatic heterocycles. The molecule has 0 aromatic heterocycles. The molecule has 4 aliphatic carbocycles. The highest BCUT2D eigenvalue weighted by Crippen LogP contribution is 2.53. The number of Topliss-reactive ketones (excluding diaryl/α,β-unsaturated/α-hetero) is 2. The molecule has 2 aromatic carbocycles. The molecule has 2 aromatic rings. The minimum atomic E-state index is -2.64. The lowest BCUT2D eigenvalue weighted by molar-refractivity contribution is -0.153. The number of nitrogens with two attached hydrogens (primary N) is 1. The molecule has 2 fully saturated rings. The summed E-state index contributed by atoms with van der Waals surface area (Å²) in [4.78, 5) is 40.8. The second kappa shape index (κ2) is 9.15. The van der Waals surface area contributed by atoms with Gasteiger partial charge in [0.25, 0.3) is 5.91 Å². The number of phenolic OH excluding ortho intramolecular Hbond substituents is 1. The van der Waals surface area contributed by atoms with Crippen LogP contribution in [0.3, 0.4) is 0 Å². The van der Waals surface area contributed by atoms with E-state index >= 15 is 0 Å². The Labute approximate surface area is 230 Å². The van der Waals surface area contributed by atoms with Gasteiger partial charge in [-0.05, 0) is 80.7 Å². The molecule has 10 heteroatoms. The van der Waals surface area contributed by atoms with Crippen LogP contribution >= 0.6 is 0 Å². The van der Waals surface area contributed by atoms with E-state index in [1.807, 2.05) is 24.3 Å². The maximum Gasteiger partial charge on any atom is 0.255 e. The van der Waals surface area contributed by atoms with Crippen molar-refractivity contribution in [1.82, 2.24) is 10.2 Å². The topological polar surface area (TPSA) is 173 Å². The molecule has 2 saturated carbocycles. The van der Waals surface area contributed by atoms with Gasteiger partial charge in [0.15, 0.2) is 11.4 Å². The smallest absolute Gasteiger partial charge is 0.255 e. The zero-order valence-electron chi connectivity index (χ0n) is 22.4. The number of likely N-dealkylation sites (N-methyl/N-ethyl adjacent to an activating group) is 1. The normalized spacial score (nSPS) is 28.1. The highest BCUT2D eigenvalue weighted by Gasteiger charge is 2.64. The number of primary amides is 1. The Morgan fingerprint density at radius 1 is 1.15 bits per heavy atom. The minimum absolute atomic E-state index is 0.0656. The predicted molar refractivity (Wildman–Crippen MR) is 146 cm³/mol. The molecule has 4 aliphatic rings. The number of benzene rings is 2. The first-order valence-electron chi connectivity index (χ1n) is 13.6. The fourth-order valence-electron chi connectivity index (χ4n) is 6.91. The van der Waals surface area contributed by atoms with Crippen LogP contribution in [0.15, 0.2) is 41.2 Å². The van der Waals surface area contributed by atoms with E-state index in [1.54, 1.807) is 14.1 Å². The van der Waals surface area contributed by atoms with Crippen LogP contribution < -0.4 is 11.1 Å². The lowest BCUT2D eigenvalue weighted by atomic mass is 9.57. The highest BCUT2D eigenvalue weighted by atomic mass is 16.3. The van der Waals surface area contributed by atoms with Gasteiger partial charge in [0.1, 0.15) is 22.8 Å². The number of hydrogen-bond donors (Lipinski definition) is 6. The summed E-state index contributed by atoms with van der Waals surface area (Å²) in [5, 5.41) is 50.2. The number of carbonyl (C=O) groups is 3. The van der Waals surface area contributed by atoms with E-state index in [-0.39, 0.29) is 29.7 Å². The fraction of sp³-hybridized carbons (Fsp3) is 0.433. The van der Waals surface area contributed by atoms with Crippen molar-refractivity contribution >= 4 is 34.0 Å². The van der Waals surface area contributed by atoms with Crippen molar-refractivity contribution in [3.63, 3.8) is 0 Å². The fourth-order valence-corrected chi connectivity index (χ4v) is 6.91. The van der Waals surface area contributed by atoms with Crippen LogP contribution in [0.5, 0.6) is 5.75 Å². The number of phenols is 1. The molecule has 4 atom stereocenters. The molecular formula is C30H33N3O7. The maximum atomic E-state index is 14.0. The number of aromatic hydroxyl groups is 1. The molecule has 0 saturated heterocycles. The van der Waals surface area contributed by atoms with E-state index < -0.39 is 58.0 Å². The molecule has 0 heterocycles. The van der Waals surface area contributed by atoms with Gasteiger partial charge in [-0.25, -0.2) is 0 Å². The Hall–Kier alpha value is -3.73. The summed E-state index contributed by atoms with van der Waals surface area (Å²) in [7, 11) is 3.15. The van der Waals surface area contributed by atoms with E-state index in [4.69, 9.17) is 5.73 Å². The van der Waals surface area contributed by atoms with E-state index in [9.17, 15) is 34.8 Å². The third kappa shape index (κ3) is 3.77. The summed E-state index contributed by atoms with van der Waals surface area (Å²) in [6.45, 7) is 1.57. The molecule has 7 N–H and O–H groups in total. The standard InChI is InChI=1S/C30H33N3O7/c1-33(2)23-19-10-17-9-16-8-15-6-5-14(12-32-11-13-3-4-13)7-18(15)24(34)20(16)25(35)21(17)27(37)30(19,40)28(38)22(26(23)36)29(31)39/h5-8,13,17,19,23,32,34-35,38,40H,3-4,9-12H2,1-2H3,(H2,31,39)/t17-,19-,23-,30-/m0/s1. The monoisotopic (exact) mass is 547 g/mol. The van der Waals surface area contributed by atoms with E-state index in [0.29, 0.717) is 17.5 Å². The lowest BCUT2D eigenvalue weighted by Crippen LogP contribution is -2.65. The van der Waals surface area contributed by atoms with E-state index in [2.05, 4.69) is 5.32 Å². The van der Waals surface area contributed by atoms with Crippen LogP contribution in [0, 0.1) is 17.8 Å². The Morgan fingerprint density at radius 3 is 2.52 bits per heavy atom. The lowest BCUT2D eigenvalue weighted by Gasteiger charge is -2.50. The number of nitrogens with one attached hydrogen (secondary N) is 1. The summed E-state index contributed by atoms with van der Waals surface area (Å²) >= 11 is 0. The summed E-state index contributed by atoms with van der Waals surface area (Å²) in [5.41, 5.74) is 3.46. The second-order valence-corrected chi connectivity index (χ2v) is 11.9. The number of aliphatic hydroxyl groups excluding tert-OH is 2. The van der Waals surface area contributed by atoms with Crippen LogP contribution in [-0.4, -0.2) is 75.1 Å². The quantitative estimate of drug-likeness (QED) is 0.294. The van der Waals surface area contributed by atoms with Gasteiger partial charge < -0.3 is 31.5 Å². The number of rotatable bonds is 6. The summed E-state index contributed by atoms with van der Waals surface area (Å²) in [6.07, 6.45) is 2.81. The van der Waals surface area contributed by atoms with Crippen LogP contribution in [0.1, 0.15) is 36.0 Å². The van der Waals surface area contributed by atoms with Crippen molar-refractivity contribution in [2.24, 2.45) is 23.5 Å². The largest absolute Gasteiger partial charge is 0.508 e. The zero-order chi connectivity index (χ0) is 28.7. The first-order chi connectivity index (χ1) is 18.9. The summed E-state index contributed by atoms with van der Waals surface area (Å²) < 4.78 is 0. The van der Waals surface area contributed by atoms with Crippen molar-refractivity contribution in [2.45, 2.75) is 43.9 Å². The number of carbonyl (C=O) groups excluding carboxylic acids is 3. The summed E-state index contributed by atoms with van der Waals surface area (Å²) in [5.74, 6) is -5.73. The van der Waals surface area contributed by atoms with Crippen molar-refractivity contribution in [2.75, 3.05) is 20.6 Å². The Balaban J connectivity index is 1.46. The first-order valence-corrected chi connectivity index (χ1v) is 13.6. The Bertz CT molecular complexity index is 1550. The van der Waals surface area contributed by atoms with E-state index in [1.165, 1.54) is 17.7 Å². The van der Waals surface area contributed by atoms with Crippen LogP contribution in [0.2, 0.25) is 0 Å². The minimum Gasteiger partial charge on any atom is -0.508 e. The molecule has 210 valence electrons. The van der Waals surface area contributed by atoms with Crippen molar-refractivity contribution in [3.05, 3.63) is 57.9 Å². The molecular weight excluding hydrogens is 514 g/mol. The molecule has 0 bridgehead atoms. The van der Waals surface area contributed by atoms with Crippen molar-refractivity contribution in [3.8, 4) is 5.75 Å². The van der Waals surface area contributed by atoms with Crippen LogP contribution in [0.25, 0.3) is 16.5 Å². The zero-order valence-corrected chi connectivity index (χ0v) is 22.4. The second-order valence-electron chi connectivity index (χ2n) is 11.9. The third-order valence-electron chi connectivity index (χ3n) is 9.05. The molecule has 0 spiro atoms. The number of fused-ring (bicyclic) bond motifs is 4. The highest BCUT2D eigenvalue weighted by molar-refractivity contribution is 6.24.